The van der Waals surface area contributed by atoms with Crippen LogP contribution in [0.15, 0.2) is 24.3 Å². The van der Waals surface area contributed by atoms with E-state index in [2.05, 4.69) is 4.98 Å². The van der Waals surface area contributed by atoms with Crippen LogP contribution in [0.2, 0.25) is 15.2 Å². The van der Waals surface area contributed by atoms with Crippen LogP contribution in [-0.4, -0.2) is 33.8 Å². The molecule has 0 bridgehead atoms. The number of halogens is 3. The predicted octanol–water partition coefficient (Wildman–Crippen LogP) is 4.34. The average Bonchev–Trinajstić information content (AvgIpc) is 2.32. The largest absolute Gasteiger partial charge is 0.508 e. The number of pyridine rings is 1. The molecule has 0 amide bonds. The zero-order chi connectivity index (χ0) is 12.6. The molecule has 2 aromatic rings. The fraction of sp³-hybridized carbons (Fsp3) is 0.0833. The zero-order valence-electron chi connectivity index (χ0n) is 9.25. The molecule has 0 saturated heterocycles. The van der Waals surface area contributed by atoms with Gasteiger partial charge in [-0.15, -0.1) is 0 Å². The van der Waals surface area contributed by atoms with Crippen molar-refractivity contribution in [3.8, 4) is 17.0 Å². The average molecular weight is 416 g/mol. The maximum absolute atomic E-state index is 9.23. The molecule has 2 radical (unpaired) electrons. The fourth-order valence-electron chi connectivity index (χ4n) is 1.44. The third-order valence-electron chi connectivity index (χ3n) is 2.40. The van der Waals surface area contributed by atoms with Crippen LogP contribution in [0.25, 0.3) is 11.3 Å². The van der Waals surface area contributed by atoms with Crippen molar-refractivity contribution >= 4 is 58.5 Å². The molecule has 0 fully saturated rings. The maximum atomic E-state index is 9.23. The fourth-order valence-corrected chi connectivity index (χ4v) is 2.09. The molecule has 0 aliphatic heterocycles. The summed E-state index contributed by atoms with van der Waals surface area (Å²) in [5, 5.41) is 10.3. The summed E-state index contributed by atoms with van der Waals surface area (Å²) >= 11 is 18.0. The minimum atomic E-state index is 0. The Bertz CT molecular complexity index is 573. The Morgan fingerprint density at radius 2 is 1.56 bits per heavy atom. The third-order valence-corrected chi connectivity index (χ3v) is 3.69. The molecule has 6 heteroatoms. The van der Waals surface area contributed by atoms with E-state index in [1.165, 1.54) is 0 Å². The summed E-state index contributed by atoms with van der Waals surface area (Å²) in [6.45, 7) is 1.78. The van der Waals surface area contributed by atoms with Gasteiger partial charge in [0.25, 0.3) is 0 Å². The van der Waals surface area contributed by atoms with Gasteiger partial charge in [-0.2, -0.15) is 0 Å². The number of hydrogen-bond acceptors (Lipinski definition) is 2. The molecule has 0 aliphatic rings. The van der Waals surface area contributed by atoms with E-state index in [1.807, 2.05) is 0 Å². The van der Waals surface area contributed by atoms with Gasteiger partial charge in [-0.05, 0) is 36.8 Å². The van der Waals surface area contributed by atoms with Crippen LogP contribution < -0.4 is 0 Å². The van der Waals surface area contributed by atoms with Crippen molar-refractivity contribution in [2.75, 3.05) is 0 Å². The molecule has 1 aromatic heterocycles. The van der Waals surface area contributed by atoms with E-state index in [9.17, 15) is 5.11 Å². The quantitative estimate of drug-likeness (QED) is 0.555. The summed E-state index contributed by atoms with van der Waals surface area (Å²) in [7, 11) is 0. The van der Waals surface area contributed by atoms with Gasteiger partial charge >= 0.3 is 0 Å². The first-order chi connectivity index (χ1) is 8.00. The molecule has 1 N–H and O–H groups in total. The Hall–Kier alpha value is -0.170. The minimum absolute atomic E-state index is 0. The predicted molar refractivity (Wildman–Crippen MR) is 76.9 cm³/mol. The van der Waals surface area contributed by atoms with Crippen LogP contribution >= 0.6 is 34.8 Å². The molecular weight excluding hydrogens is 408 g/mol. The van der Waals surface area contributed by atoms with E-state index in [1.54, 1.807) is 31.2 Å². The smallest absolute Gasteiger partial charge is 0.148 e. The van der Waals surface area contributed by atoms with Crippen LogP contribution in [0.1, 0.15) is 5.56 Å². The number of phenols is 1. The maximum Gasteiger partial charge on any atom is 0.148 e. The molecule has 0 saturated carbocycles. The Morgan fingerprint density at radius 3 is 2.11 bits per heavy atom. The summed E-state index contributed by atoms with van der Waals surface area (Å²) in [4.78, 5) is 4.15. The third kappa shape index (κ3) is 3.04. The molecule has 0 atom stereocenters. The number of benzene rings is 1. The number of rotatable bonds is 1. The van der Waals surface area contributed by atoms with Crippen molar-refractivity contribution in [2.24, 2.45) is 0 Å². The van der Waals surface area contributed by atoms with Gasteiger partial charge in [0.15, 0.2) is 0 Å². The summed E-state index contributed by atoms with van der Waals surface area (Å²) in [6, 6.07) is 6.55. The number of hydrogen-bond donors (Lipinski definition) is 1. The van der Waals surface area contributed by atoms with Crippen LogP contribution in [0.5, 0.6) is 5.75 Å². The van der Waals surface area contributed by atoms with E-state index >= 15 is 0 Å². The normalized spacial score (nSPS) is 10.0. The number of aromatic nitrogens is 1. The second kappa shape index (κ2) is 6.32. The molecule has 0 unspecified atom stereocenters. The number of nitrogens with zero attached hydrogens (tertiary/aromatic N) is 1. The molecule has 1 aromatic carbocycles. The van der Waals surface area contributed by atoms with E-state index in [-0.39, 0.29) is 34.6 Å². The Labute approximate surface area is 137 Å². The molecule has 2 nitrogen and oxygen atoms in total. The molecular formula is C12H8Cl3NOTe. The summed E-state index contributed by atoms with van der Waals surface area (Å²) < 4.78 is 0. The van der Waals surface area contributed by atoms with Crippen molar-refractivity contribution in [3.63, 3.8) is 0 Å². The SMILES string of the molecule is Cc1c(Cl)c(Cl)nc(-c2ccc(O)cc2)c1Cl.[Te]. The van der Waals surface area contributed by atoms with Gasteiger partial charge in [0.2, 0.25) is 0 Å². The van der Waals surface area contributed by atoms with Gasteiger partial charge in [0.05, 0.1) is 15.7 Å². The van der Waals surface area contributed by atoms with Crippen LogP contribution in [0.3, 0.4) is 0 Å². The van der Waals surface area contributed by atoms with Gasteiger partial charge in [0.1, 0.15) is 10.9 Å². The van der Waals surface area contributed by atoms with E-state index in [0.717, 1.165) is 5.56 Å². The second-order valence-electron chi connectivity index (χ2n) is 3.55. The van der Waals surface area contributed by atoms with Gasteiger partial charge in [-0.3, -0.25) is 0 Å². The Balaban J connectivity index is 0.00000162. The number of aromatic hydroxyl groups is 1. The van der Waals surface area contributed by atoms with Crippen molar-refractivity contribution in [2.45, 2.75) is 6.92 Å². The number of phenolic OH excluding ortho intramolecular Hbond substituents is 1. The van der Waals surface area contributed by atoms with Crippen molar-refractivity contribution in [3.05, 3.63) is 45.0 Å². The molecule has 2 rings (SSSR count). The van der Waals surface area contributed by atoms with E-state index in [0.29, 0.717) is 21.3 Å². The van der Waals surface area contributed by atoms with Crippen LogP contribution in [0.4, 0.5) is 0 Å². The van der Waals surface area contributed by atoms with E-state index in [4.69, 9.17) is 34.8 Å². The Morgan fingerprint density at radius 1 is 1.00 bits per heavy atom. The van der Waals surface area contributed by atoms with Gasteiger partial charge in [0, 0.05) is 29.2 Å². The van der Waals surface area contributed by atoms with Crippen LogP contribution in [0, 0.1) is 6.92 Å². The summed E-state index contributed by atoms with van der Waals surface area (Å²) in [5.74, 6) is 0.182. The molecule has 94 valence electrons. The minimum Gasteiger partial charge on any atom is -0.508 e. The van der Waals surface area contributed by atoms with Gasteiger partial charge in [-0.1, -0.05) is 34.8 Å². The first-order valence-corrected chi connectivity index (χ1v) is 5.94. The Kier molecular flexibility index (Phi) is 5.58. The van der Waals surface area contributed by atoms with Gasteiger partial charge in [-0.25, -0.2) is 4.98 Å². The first kappa shape index (κ1) is 15.9. The van der Waals surface area contributed by atoms with Crippen molar-refractivity contribution in [1.29, 1.82) is 0 Å². The van der Waals surface area contributed by atoms with Crippen molar-refractivity contribution in [1.82, 2.24) is 4.98 Å². The summed E-state index contributed by atoms with van der Waals surface area (Å²) in [5.41, 5.74) is 2.02. The molecule has 18 heavy (non-hydrogen) atoms. The topological polar surface area (TPSA) is 33.1 Å². The standard InChI is InChI=1S/C12H8Cl3NO.Te/c1-6-9(13)11(16-12(15)10(6)14)7-2-4-8(17)5-3-7;/h2-5,17H,1H3;. The van der Waals surface area contributed by atoms with Crippen LogP contribution in [-0.2, 0) is 0 Å². The molecule has 1 heterocycles. The van der Waals surface area contributed by atoms with E-state index < -0.39 is 0 Å². The zero-order valence-corrected chi connectivity index (χ0v) is 13.8. The van der Waals surface area contributed by atoms with Gasteiger partial charge < -0.3 is 5.11 Å². The molecule has 0 spiro atoms. The molecule has 0 aliphatic carbocycles. The van der Waals surface area contributed by atoms with Crippen molar-refractivity contribution < 1.29 is 5.11 Å². The monoisotopic (exact) mass is 417 g/mol. The second-order valence-corrected chi connectivity index (χ2v) is 4.67. The summed E-state index contributed by atoms with van der Waals surface area (Å²) in [6.07, 6.45) is 0. The first-order valence-electron chi connectivity index (χ1n) is 4.81.